The monoisotopic (exact) mass is 370 g/mol. The number of likely N-dealkylation sites (tertiary alicyclic amines) is 2. The molecule has 27 heavy (non-hydrogen) atoms. The molecule has 1 aromatic carbocycles. The summed E-state index contributed by atoms with van der Waals surface area (Å²) in [6.45, 7) is 5.77. The Labute approximate surface area is 159 Å². The van der Waals surface area contributed by atoms with E-state index in [4.69, 9.17) is 11.1 Å². The molecular formula is C20H26N4O3. The number of rotatable bonds is 5. The first kappa shape index (κ1) is 19.1. The molecule has 3 N–H and O–H groups in total. The van der Waals surface area contributed by atoms with E-state index in [0.717, 1.165) is 18.4 Å². The molecule has 3 rings (SSSR count). The van der Waals surface area contributed by atoms with E-state index >= 15 is 0 Å². The van der Waals surface area contributed by atoms with Crippen molar-refractivity contribution in [1.29, 1.82) is 5.41 Å². The predicted molar refractivity (Wildman–Crippen MR) is 101 cm³/mol. The number of benzene rings is 1. The van der Waals surface area contributed by atoms with Crippen LogP contribution in [-0.4, -0.2) is 45.9 Å². The summed E-state index contributed by atoms with van der Waals surface area (Å²) < 4.78 is 0. The first-order valence-electron chi connectivity index (χ1n) is 9.38. The minimum absolute atomic E-state index is 0.0412. The van der Waals surface area contributed by atoms with Crippen LogP contribution in [0.4, 0.5) is 0 Å². The van der Waals surface area contributed by atoms with Crippen LogP contribution in [0.2, 0.25) is 0 Å². The summed E-state index contributed by atoms with van der Waals surface area (Å²) in [5.41, 5.74) is 6.88. The van der Waals surface area contributed by atoms with Crippen LogP contribution >= 0.6 is 0 Å². The lowest BCUT2D eigenvalue weighted by atomic mass is 9.86. The average molecular weight is 370 g/mol. The van der Waals surface area contributed by atoms with Gasteiger partial charge in [0.1, 0.15) is 5.84 Å². The minimum Gasteiger partial charge on any atom is -0.384 e. The lowest BCUT2D eigenvalue weighted by Gasteiger charge is -2.31. The molecule has 7 nitrogen and oxygen atoms in total. The van der Waals surface area contributed by atoms with Crippen molar-refractivity contribution in [3.8, 4) is 0 Å². The Morgan fingerprint density at radius 2 is 1.74 bits per heavy atom. The van der Waals surface area contributed by atoms with Gasteiger partial charge in [0.15, 0.2) is 0 Å². The third kappa shape index (κ3) is 3.01. The van der Waals surface area contributed by atoms with Crippen LogP contribution in [0.3, 0.4) is 0 Å². The summed E-state index contributed by atoms with van der Waals surface area (Å²) in [5.74, 6) is -1.61. The Morgan fingerprint density at radius 1 is 1.15 bits per heavy atom. The summed E-state index contributed by atoms with van der Waals surface area (Å²) in [7, 11) is 0. The molecule has 2 aliphatic heterocycles. The van der Waals surface area contributed by atoms with E-state index < -0.39 is 17.9 Å². The number of carbonyl (C=O) groups excluding carboxylic acids is 3. The fraction of sp³-hybridized carbons (Fsp3) is 0.500. The molecule has 7 heteroatoms. The van der Waals surface area contributed by atoms with Gasteiger partial charge in [0, 0.05) is 25.1 Å². The normalized spacial score (nSPS) is 27.2. The topological polar surface area (TPSA) is 108 Å². The van der Waals surface area contributed by atoms with Gasteiger partial charge in [0.2, 0.25) is 17.7 Å². The molecule has 0 radical (unpaired) electrons. The number of hydrogen-bond donors (Lipinski definition) is 2. The number of hydrogen-bond acceptors (Lipinski definition) is 4. The zero-order valence-corrected chi connectivity index (χ0v) is 15.9. The van der Waals surface area contributed by atoms with Crippen molar-refractivity contribution in [3.63, 3.8) is 0 Å². The maximum atomic E-state index is 13.1. The number of nitrogens with two attached hydrogens (primary N) is 1. The highest BCUT2D eigenvalue weighted by Crippen LogP contribution is 2.49. The van der Waals surface area contributed by atoms with Gasteiger partial charge in [-0.25, -0.2) is 0 Å². The Kier molecular flexibility index (Phi) is 5.04. The molecule has 0 aliphatic carbocycles. The Morgan fingerprint density at radius 3 is 2.26 bits per heavy atom. The Hall–Kier alpha value is -2.70. The van der Waals surface area contributed by atoms with Crippen LogP contribution in [0.5, 0.6) is 0 Å². The molecule has 4 atom stereocenters. The zero-order valence-electron chi connectivity index (χ0n) is 15.9. The van der Waals surface area contributed by atoms with Gasteiger partial charge in [-0.1, -0.05) is 37.6 Å². The Bertz CT molecular complexity index is 789. The molecule has 0 unspecified atom stereocenters. The smallest absolute Gasteiger partial charge is 0.235 e. The molecule has 0 aromatic heterocycles. The van der Waals surface area contributed by atoms with Gasteiger partial charge in [-0.05, 0) is 18.9 Å². The molecule has 2 aliphatic rings. The van der Waals surface area contributed by atoms with Gasteiger partial charge in [0.05, 0.1) is 17.9 Å². The molecule has 2 heterocycles. The highest BCUT2D eigenvalue weighted by atomic mass is 16.2. The van der Waals surface area contributed by atoms with Gasteiger partial charge in [-0.2, -0.15) is 0 Å². The van der Waals surface area contributed by atoms with E-state index in [1.54, 1.807) is 29.2 Å². The third-order valence-corrected chi connectivity index (χ3v) is 5.75. The average Bonchev–Trinajstić information content (AvgIpc) is 3.06. The van der Waals surface area contributed by atoms with Crippen molar-refractivity contribution in [1.82, 2.24) is 9.80 Å². The van der Waals surface area contributed by atoms with Gasteiger partial charge < -0.3 is 10.6 Å². The van der Waals surface area contributed by atoms with E-state index in [9.17, 15) is 14.4 Å². The number of amides is 3. The maximum absolute atomic E-state index is 13.1. The van der Waals surface area contributed by atoms with Crippen molar-refractivity contribution >= 4 is 23.6 Å². The van der Waals surface area contributed by atoms with Crippen LogP contribution in [-0.2, 0) is 14.4 Å². The number of nitrogen functional groups attached to an aromatic ring is 1. The van der Waals surface area contributed by atoms with Crippen LogP contribution < -0.4 is 5.73 Å². The Balaban J connectivity index is 2.02. The zero-order chi connectivity index (χ0) is 19.9. The van der Waals surface area contributed by atoms with Crippen LogP contribution in [0, 0.1) is 17.2 Å². The van der Waals surface area contributed by atoms with Crippen LogP contribution in [0.1, 0.15) is 50.8 Å². The number of nitrogens with one attached hydrogen (secondary N) is 1. The van der Waals surface area contributed by atoms with Gasteiger partial charge in [-0.3, -0.25) is 24.7 Å². The number of nitrogens with zero attached hydrogens (tertiary/aromatic N) is 2. The number of unbranched alkanes of at least 4 members (excludes halogenated alkanes) is 1. The van der Waals surface area contributed by atoms with Gasteiger partial charge in [0.25, 0.3) is 0 Å². The van der Waals surface area contributed by atoms with E-state index in [1.165, 1.54) is 11.8 Å². The lowest BCUT2D eigenvalue weighted by molar-refractivity contribution is -0.143. The molecular weight excluding hydrogens is 344 g/mol. The highest BCUT2D eigenvalue weighted by molar-refractivity contribution is 6.07. The predicted octanol–water partition coefficient (Wildman–Crippen LogP) is 1.66. The van der Waals surface area contributed by atoms with Crippen molar-refractivity contribution < 1.29 is 14.4 Å². The fourth-order valence-corrected chi connectivity index (χ4v) is 4.46. The second-order valence-electron chi connectivity index (χ2n) is 7.38. The van der Waals surface area contributed by atoms with E-state index in [1.807, 2.05) is 13.8 Å². The van der Waals surface area contributed by atoms with Gasteiger partial charge >= 0.3 is 0 Å². The summed E-state index contributed by atoms with van der Waals surface area (Å²) in [5, 5.41) is 7.53. The third-order valence-electron chi connectivity index (χ3n) is 5.75. The van der Waals surface area contributed by atoms with E-state index in [0.29, 0.717) is 12.1 Å². The van der Waals surface area contributed by atoms with Crippen molar-refractivity contribution in [2.75, 3.05) is 6.54 Å². The molecule has 0 saturated carbocycles. The molecule has 2 saturated heterocycles. The molecule has 0 spiro atoms. The maximum Gasteiger partial charge on any atom is 0.235 e. The first-order chi connectivity index (χ1) is 12.8. The first-order valence-corrected chi connectivity index (χ1v) is 9.38. The second kappa shape index (κ2) is 7.13. The van der Waals surface area contributed by atoms with E-state index in [-0.39, 0.29) is 29.6 Å². The van der Waals surface area contributed by atoms with Crippen LogP contribution in [0.15, 0.2) is 24.3 Å². The van der Waals surface area contributed by atoms with Crippen LogP contribution in [0.25, 0.3) is 0 Å². The standard InChI is InChI=1S/C20H26N4O3/c1-4-5-10-23-19(26)15-11(2)24(12(3)25)17(16(15)20(23)27)13-6-8-14(9-7-13)18(21)22/h6-9,11,15-17H,4-5,10H2,1-3H3,(H3,21,22)/t11-,15-,16-,17-/m1/s1. The number of imide groups is 1. The largest absolute Gasteiger partial charge is 0.384 e. The van der Waals surface area contributed by atoms with Crippen molar-refractivity contribution in [3.05, 3.63) is 35.4 Å². The van der Waals surface area contributed by atoms with Crippen molar-refractivity contribution in [2.45, 2.75) is 45.7 Å². The summed E-state index contributed by atoms with van der Waals surface area (Å²) >= 11 is 0. The quantitative estimate of drug-likeness (QED) is 0.467. The SMILES string of the molecule is CCCCN1C(=O)[C@@H]2[C@H](C1=O)[C@@H](C)N(C(C)=O)[C@@H]2c1ccc(C(=N)N)cc1. The molecule has 2 fully saturated rings. The summed E-state index contributed by atoms with van der Waals surface area (Å²) in [6, 6.07) is 6.19. The molecule has 0 bridgehead atoms. The number of amidine groups is 1. The van der Waals surface area contributed by atoms with Gasteiger partial charge in [-0.15, -0.1) is 0 Å². The molecule has 1 aromatic rings. The minimum atomic E-state index is -0.559. The lowest BCUT2D eigenvalue weighted by Crippen LogP contribution is -2.42. The summed E-state index contributed by atoms with van der Waals surface area (Å²) in [6.07, 6.45) is 1.68. The highest BCUT2D eigenvalue weighted by Gasteiger charge is 2.61. The molecule has 3 amide bonds. The number of fused-ring (bicyclic) bond motifs is 1. The van der Waals surface area contributed by atoms with Crippen molar-refractivity contribution in [2.24, 2.45) is 17.6 Å². The fourth-order valence-electron chi connectivity index (χ4n) is 4.46. The second-order valence-corrected chi connectivity index (χ2v) is 7.38. The number of carbonyl (C=O) groups is 3. The summed E-state index contributed by atoms with van der Waals surface area (Å²) in [4.78, 5) is 41.4. The van der Waals surface area contributed by atoms with E-state index in [2.05, 4.69) is 0 Å². The molecule has 144 valence electrons.